The number of carbonyl (C=O) groups is 2. The quantitative estimate of drug-likeness (QED) is 0.0405. The lowest BCUT2D eigenvalue weighted by molar-refractivity contribution is 0.0497. The Balaban J connectivity index is 1.23. The first-order valence-corrected chi connectivity index (χ1v) is 15.6. The Bertz CT molecular complexity index is 1540. The van der Waals surface area contributed by atoms with Crippen LogP contribution in [0.25, 0.3) is 0 Å². The molecule has 14 nitrogen and oxygen atoms in total. The van der Waals surface area contributed by atoms with Gasteiger partial charge in [0.15, 0.2) is 5.78 Å². The van der Waals surface area contributed by atoms with Crippen LogP contribution in [-0.2, 0) is 14.2 Å². The molecule has 1 aromatic heterocycles. The van der Waals surface area contributed by atoms with E-state index >= 15 is 0 Å². The largest absolute Gasteiger partial charge is 0.508 e. The van der Waals surface area contributed by atoms with Crippen LogP contribution in [0.2, 0.25) is 0 Å². The summed E-state index contributed by atoms with van der Waals surface area (Å²) in [5.41, 5.74) is 2.50. The molecule has 1 heterocycles. The highest BCUT2D eigenvalue weighted by Gasteiger charge is 2.10. The van der Waals surface area contributed by atoms with Gasteiger partial charge in [-0.25, -0.2) is 0 Å². The number of nitrogens with zero attached hydrogens (tertiary/aromatic N) is 3. The Morgan fingerprint density at radius 1 is 0.625 bits per heavy atom. The number of phenolic OH excluding ortho intramolecular Hbond substituents is 1. The number of ether oxygens (including phenoxy) is 3. The van der Waals surface area contributed by atoms with Crippen LogP contribution < -0.4 is 21.3 Å². The molecule has 254 valence electrons. The van der Waals surface area contributed by atoms with Crippen molar-refractivity contribution in [1.29, 1.82) is 0 Å². The molecule has 14 heteroatoms. The van der Waals surface area contributed by atoms with E-state index in [2.05, 4.69) is 36.2 Å². The fourth-order valence-electron chi connectivity index (χ4n) is 4.24. The molecule has 0 atom stereocenters. The van der Waals surface area contributed by atoms with Crippen LogP contribution in [0.5, 0.6) is 5.75 Å². The summed E-state index contributed by atoms with van der Waals surface area (Å²) in [6.07, 6.45) is 1.08. The molecule has 0 aliphatic carbocycles. The van der Waals surface area contributed by atoms with E-state index in [1.165, 1.54) is 0 Å². The zero-order valence-electron chi connectivity index (χ0n) is 26.6. The molecule has 0 unspecified atom stereocenters. The second-order valence-electron chi connectivity index (χ2n) is 10.3. The number of phenols is 1. The van der Waals surface area contributed by atoms with Crippen molar-refractivity contribution in [1.82, 2.24) is 20.3 Å². The number of carbonyl (C=O) groups excluding carboxylic acids is 2. The van der Waals surface area contributed by atoms with E-state index in [0.29, 0.717) is 87.4 Å². The van der Waals surface area contributed by atoms with Crippen molar-refractivity contribution in [2.24, 2.45) is 0 Å². The number of hydrogen-bond acceptors (Lipinski definition) is 13. The predicted molar refractivity (Wildman–Crippen MR) is 181 cm³/mol. The number of ketones is 1. The third-order valence-corrected chi connectivity index (χ3v) is 6.62. The number of Topliss-reactive ketones (excluding diaryl/α,β-unsaturated/α-hetero) is 1. The van der Waals surface area contributed by atoms with Crippen molar-refractivity contribution in [2.45, 2.75) is 12.8 Å². The van der Waals surface area contributed by atoms with E-state index < -0.39 is 0 Å². The minimum absolute atomic E-state index is 0.0668. The average Bonchev–Trinajstić information content (AvgIpc) is 3.10. The lowest BCUT2D eigenvalue weighted by Crippen LogP contribution is -2.27. The number of aromatic hydroxyl groups is 1. The Morgan fingerprint density at radius 2 is 1.21 bits per heavy atom. The molecule has 0 spiro atoms. The smallest absolute Gasteiger partial charge is 0.251 e. The first kappa shape index (κ1) is 35.7. The van der Waals surface area contributed by atoms with Crippen molar-refractivity contribution in [3.05, 3.63) is 90.0 Å². The third kappa shape index (κ3) is 12.9. The third-order valence-electron chi connectivity index (χ3n) is 6.62. The minimum Gasteiger partial charge on any atom is -0.508 e. The lowest BCUT2D eigenvalue weighted by atomic mass is 10.1. The molecule has 6 N–H and O–H groups in total. The summed E-state index contributed by atoms with van der Waals surface area (Å²) in [7, 11) is 0. The molecule has 0 bridgehead atoms. The molecule has 0 aliphatic rings. The van der Waals surface area contributed by atoms with E-state index in [-0.39, 0.29) is 42.6 Å². The first-order chi connectivity index (χ1) is 23.5. The van der Waals surface area contributed by atoms with Crippen LogP contribution in [0.15, 0.2) is 78.9 Å². The van der Waals surface area contributed by atoms with Crippen LogP contribution in [0.4, 0.5) is 29.2 Å². The number of aliphatic hydroxyl groups excluding tert-OH is 1. The van der Waals surface area contributed by atoms with Gasteiger partial charge in [-0.05, 0) is 55.0 Å². The van der Waals surface area contributed by atoms with E-state index in [0.717, 1.165) is 0 Å². The molecular formula is C34H41N7O7. The van der Waals surface area contributed by atoms with Gasteiger partial charge in [0.1, 0.15) is 5.75 Å². The molecule has 48 heavy (non-hydrogen) atoms. The summed E-state index contributed by atoms with van der Waals surface area (Å²) in [5.74, 6) is 0.820. The molecular weight excluding hydrogens is 618 g/mol. The SMILES string of the molecule is O=C(CCCOCCOCCNc1nc(Nc2ccc(O)cc2)nc(Nc2ccc(C(=O)NCCOCCO)cc2)n1)c1ccccc1. The number of anilines is 5. The van der Waals surface area contributed by atoms with Crippen molar-refractivity contribution in [3.8, 4) is 5.75 Å². The monoisotopic (exact) mass is 659 g/mol. The van der Waals surface area contributed by atoms with Crippen molar-refractivity contribution >= 4 is 40.9 Å². The number of rotatable bonds is 22. The molecule has 0 fully saturated rings. The van der Waals surface area contributed by atoms with Crippen LogP contribution in [0, 0.1) is 0 Å². The number of hydrogen-bond donors (Lipinski definition) is 6. The van der Waals surface area contributed by atoms with Crippen molar-refractivity contribution in [3.63, 3.8) is 0 Å². The molecule has 0 radical (unpaired) electrons. The van der Waals surface area contributed by atoms with Crippen LogP contribution in [0.3, 0.4) is 0 Å². The second-order valence-corrected chi connectivity index (χ2v) is 10.3. The fourth-order valence-corrected chi connectivity index (χ4v) is 4.24. The van der Waals surface area contributed by atoms with Crippen molar-refractivity contribution in [2.75, 3.05) is 75.3 Å². The summed E-state index contributed by atoms with van der Waals surface area (Å²) in [6, 6.07) is 22.5. The predicted octanol–water partition coefficient (Wildman–Crippen LogP) is 3.91. The van der Waals surface area contributed by atoms with Gasteiger partial charge in [0, 0.05) is 48.6 Å². The molecule has 0 saturated carbocycles. The molecule has 1 amide bonds. The molecule has 4 aromatic rings. The van der Waals surface area contributed by atoms with E-state index in [1.807, 2.05) is 30.3 Å². The van der Waals surface area contributed by atoms with Gasteiger partial charge in [-0.2, -0.15) is 15.0 Å². The van der Waals surface area contributed by atoms with E-state index in [1.54, 1.807) is 48.5 Å². The Kier molecular flexibility index (Phi) is 15.0. The molecule has 0 aliphatic heterocycles. The van der Waals surface area contributed by atoms with Gasteiger partial charge < -0.3 is 45.7 Å². The Morgan fingerprint density at radius 3 is 1.88 bits per heavy atom. The highest BCUT2D eigenvalue weighted by molar-refractivity contribution is 5.96. The zero-order valence-corrected chi connectivity index (χ0v) is 26.6. The summed E-state index contributed by atoms with van der Waals surface area (Å²) < 4.78 is 16.4. The average molecular weight is 660 g/mol. The highest BCUT2D eigenvalue weighted by Crippen LogP contribution is 2.21. The zero-order chi connectivity index (χ0) is 33.8. The number of nitrogens with one attached hydrogen (secondary N) is 4. The summed E-state index contributed by atoms with van der Waals surface area (Å²) in [6.45, 7) is 2.89. The molecule has 0 saturated heterocycles. The maximum absolute atomic E-state index is 12.4. The number of amides is 1. The van der Waals surface area contributed by atoms with Crippen LogP contribution >= 0.6 is 0 Å². The highest BCUT2D eigenvalue weighted by atomic mass is 16.5. The van der Waals surface area contributed by atoms with Gasteiger partial charge >= 0.3 is 0 Å². The summed E-state index contributed by atoms with van der Waals surface area (Å²) in [4.78, 5) is 37.9. The van der Waals surface area contributed by atoms with Crippen molar-refractivity contribution < 1.29 is 34.0 Å². The number of aliphatic hydroxyl groups is 1. The van der Waals surface area contributed by atoms with Crippen LogP contribution in [0.1, 0.15) is 33.6 Å². The maximum atomic E-state index is 12.4. The minimum atomic E-state index is -0.245. The van der Waals surface area contributed by atoms with Gasteiger partial charge in [0.05, 0.1) is 39.6 Å². The number of aromatic nitrogens is 3. The molecule has 4 rings (SSSR count). The van der Waals surface area contributed by atoms with Gasteiger partial charge in [0.2, 0.25) is 17.8 Å². The van der Waals surface area contributed by atoms with E-state index in [4.69, 9.17) is 19.3 Å². The molecule has 3 aromatic carbocycles. The fraction of sp³-hybridized carbons (Fsp3) is 0.324. The summed E-state index contributed by atoms with van der Waals surface area (Å²) in [5, 5.41) is 30.5. The van der Waals surface area contributed by atoms with Gasteiger partial charge in [-0.15, -0.1) is 0 Å². The topological polar surface area (TPSA) is 189 Å². The van der Waals surface area contributed by atoms with Gasteiger partial charge in [-0.1, -0.05) is 30.3 Å². The van der Waals surface area contributed by atoms with E-state index in [9.17, 15) is 14.7 Å². The second kappa shape index (κ2) is 20.2. The lowest BCUT2D eigenvalue weighted by Gasteiger charge is -2.12. The maximum Gasteiger partial charge on any atom is 0.251 e. The normalized spacial score (nSPS) is 10.8. The Hall–Kier alpha value is -5.15. The first-order valence-electron chi connectivity index (χ1n) is 15.6. The Labute approximate surface area is 278 Å². The summed E-state index contributed by atoms with van der Waals surface area (Å²) >= 11 is 0. The van der Waals surface area contributed by atoms with Gasteiger partial charge in [0.25, 0.3) is 5.91 Å². The van der Waals surface area contributed by atoms with Gasteiger partial charge in [-0.3, -0.25) is 9.59 Å². The van der Waals surface area contributed by atoms with Crippen LogP contribution in [-0.4, -0.2) is 96.2 Å². The number of benzene rings is 3. The standard InChI is InChI=1S/C34H41N7O7/c42-18-22-47-20-16-35-31(45)26-8-10-27(11-9-26)37-33-39-32(40-34(41-33)38-28-12-14-29(43)15-13-28)36-17-21-48-24-23-46-19-4-7-30(44)25-5-2-1-3-6-25/h1-3,5-6,8-15,42-43H,4,7,16-24H2,(H,35,45)(H3,36,37,38,39,40,41).